The molecule has 2 saturated heterocycles. The summed E-state index contributed by atoms with van der Waals surface area (Å²) in [4.78, 5) is 16.8. The van der Waals surface area contributed by atoms with Gasteiger partial charge in [-0.15, -0.1) is 0 Å². The molecular formula is C16H20ClFN2O2. The average molecular weight is 327 g/mol. The fourth-order valence-corrected chi connectivity index (χ4v) is 3.62. The molecule has 0 aliphatic carbocycles. The molecule has 2 aliphatic rings. The van der Waals surface area contributed by atoms with Gasteiger partial charge in [0.25, 0.3) is 0 Å². The summed E-state index contributed by atoms with van der Waals surface area (Å²) in [5, 5.41) is 0.320. The number of ether oxygens (including phenoxy) is 1. The predicted molar refractivity (Wildman–Crippen MR) is 82.4 cm³/mol. The first-order valence-corrected chi connectivity index (χ1v) is 7.90. The first kappa shape index (κ1) is 15.7. The summed E-state index contributed by atoms with van der Waals surface area (Å²) in [5.41, 5.74) is 0.614. The molecule has 1 aromatic carbocycles. The molecule has 0 spiro atoms. The van der Waals surface area contributed by atoms with Crippen LogP contribution in [0, 0.1) is 11.7 Å². The maximum Gasteiger partial charge on any atom is 0.227 e. The Bertz CT molecular complexity index is 549. The predicted octanol–water partition coefficient (Wildman–Crippen LogP) is 1.81. The lowest BCUT2D eigenvalue weighted by Crippen LogP contribution is -2.46. The maximum absolute atomic E-state index is 13.4. The third-order valence-electron chi connectivity index (χ3n) is 4.25. The van der Waals surface area contributed by atoms with Crippen molar-refractivity contribution >= 4 is 17.5 Å². The zero-order chi connectivity index (χ0) is 15.7. The van der Waals surface area contributed by atoms with Crippen molar-refractivity contribution in [3.8, 4) is 0 Å². The second kappa shape index (κ2) is 6.52. The highest BCUT2D eigenvalue weighted by Gasteiger charge is 2.34. The number of carbonyl (C=O) groups is 1. The number of nitrogens with zero attached hydrogens (tertiary/aromatic N) is 2. The van der Waals surface area contributed by atoms with Gasteiger partial charge >= 0.3 is 0 Å². The molecule has 1 aromatic rings. The molecule has 1 amide bonds. The van der Waals surface area contributed by atoms with Crippen molar-refractivity contribution in [3.63, 3.8) is 0 Å². The van der Waals surface area contributed by atoms with Crippen molar-refractivity contribution in [1.29, 1.82) is 0 Å². The minimum absolute atomic E-state index is 0.0115. The Hall–Kier alpha value is -1.17. The zero-order valence-electron chi connectivity index (χ0n) is 12.6. The molecule has 0 aromatic heterocycles. The van der Waals surface area contributed by atoms with Crippen LogP contribution in [0.2, 0.25) is 5.02 Å². The Kier molecular flexibility index (Phi) is 4.66. The van der Waals surface area contributed by atoms with Gasteiger partial charge in [-0.1, -0.05) is 11.6 Å². The van der Waals surface area contributed by atoms with Gasteiger partial charge in [-0.2, -0.15) is 0 Å². The van der Waals surface area contributed by atoms with E-state index in [4.69, 9.17) is 16.3 Å². The van der Waals surface area contributed by atoms with E-state index in [1.165, 1.54) is 12.1 Å². The summed E-state index contributed by atoms with van der Waals surface area (Å²) in [6.45, 7) is 3.71. The number of rotatable bonds is 2. The van der Waals surface area contributed by atoms with Crippen LogP contribution in [0.5, 0.6) is 0 Å². The van der Waals surface area contributed by atoms with Crippen LogP contribution < -0.4 is 0 Å². The monoisotopic (exact) mass is 326 g/mol. The van der Waals surface area contributed by atoms with E-state index in [9.17, 15) is 9.18 Å². The molecule has 2 atom stereocenters. The van der Waals surface area contributed by atoms with Gasteiger partial charge in [0.2, 0.25) is 5.91 Å². The summed E-state index contributed by atoms with van der Waals surface area (Å²) in [6.07, 6.45) is 0.171. The average Bonchev–Trinajstić information content (AvgIpc) is 2.67. The topological polar surface area (TPSA) is 32.8 Å². The Morgan fingerprint density at radius 2 is 2.14 bits per heavy atom. The first-order valence-electron chi connectivity index (χ1n) is 7.52. The molecule has 2 fully saturated rings. The van der Waals surface area contributed by atoms with Crippen LogP contribution in [0.15, 0.2) is 18.2 Å². The van der Waals surface area contributed by atoms with Crippen molar-refractivity contribution in [2.45, 2.75) is 12.5 Å². The van der Waals surface area contributed by atoms with Gasteiger partial charge in [0, 0.05) is 30.6 Å². The molecule has 2 bridgehead atoms. The first-order chi connectivity index (χ1) is 10.5. The second-order valence-corrected chi connectivity index (χ2v) is 6.72. The normalized spacial score (nSPS) is 25.9. The molecule has 6 heteroatoms. The van der Waals surface area contributed by atoms with Gasteiger partial charge in [0.1, 0.15) is 5.82 Å². The van der Waals surface area contributed by atoms with Gasteiger partial charge in [-0.25, -0.2) is 4.39 Å². The summed E-state index contributed by atoms with van der Waals surface area (Å²) in [6, 6.07) is 4.33. The molecule has 22 heavy (non-hydrogen) atoms. The minimum Gasteiger partial charge on any atom is -0.379 e. The molecule has 4 nitrogen and oxygen atoms in total. The molecule has 0 N–H and O–H groups in total. The lowest BCUT2D eigenvalue weighted by atomic mass is 10.1. The number of hydrogen-bond donors (Lipinski definition) is 0. The number of likely N-dealkylation sites (N-methyl/N-ethyl adjacent to an activating group) is 1. The molecule has 120 valence electrons. The van der Waals surface area contributed by atoms with Gasteiger partial charge in [-0.3, -0.25) is 4.79 Å². The molecule has 0 saturated carbocycles. The van der Waals surface area contributed by atoms with Crippen LogP contribution in [0.1, 0.15) is 5.56 Å². The fourth-order valence-electron chi connectivity index (χ4n) is 3.37. The summed E-state index contributed by atoms with van der Waals surface area (Å²) >= 11 is 5.86. The van der Waals surface area contributed by atoms with Crippen LogP contribution in [0.3, 0.4) is 0 Å². The molecule has 0 unspecified atom stereocenters. The van der Waals surface area contributed by atoms with E-state index in [0.717, 1.165) is 13.1 Å². The number of benzene rings is 1. The quantitative estimate of drug-likeness (QED) is 0.831. The summed E-state index contributed by atoms with van der Waals surface area (Å²) in [7, 11) is 2.08. The molecule has 0 radical (unpaired) electrons. The second-order valence-electron chi connectivity index (χ2n) is 6.28. The SMILES string of the molecule is CN1C[C@@H]2COC[C@H](C1)N(C(=O)Cc1cc(F)cc(Cl)c1)C2. The Morgan fingerprint density at radius 3 is 2.91 bits per heavy atom. The van der Waals surface area contributed by atoms with Crippen LogP contribution in [0.4, 0.5) is 4.39 Å². The fraction of sp³-hybridized carbons (Fsp3) is 0.562. The molecular weight excluding hydrogens is 307 g/mol. The summed E-state index contributed by atoms with van der Waals surface area (Å²) < 4.78 is 19.1. The van der Waals surface area contributed by atoms with Crippen molar-refractivity contribution in [3.05, 3.63) is 34.6 Å². The Balaban J connectivity index is 1.76. The van der Waals surface area contributed by atoms with Gasteiger partial charge < -0.3 is 14.5 Å². The maximum atomic E-state index is 13.4. The van der Waals surface area contributed by atoms with Gasteiger partial charge in [0.15, 0.2) is 0 Å². The number of halogens is 2. The van der Waals surface area contributed by atoms with E-state index in [2.05, 4.69) is 11.9 Å². The van der Waals surface area contributed by atoms with Gasteiger partial charge in [0.05, 0.1) is 25.7 Å². The smallest absolute Gasteiger partial charge is 0.227 e. The number of amides is 1. The van der Waals surface area contributed by atoms with Crippen molar-refractivity contribution < 1.29 is 13.9 Å². The highest BCUT2D eigenvalue weighted by Crippen LogP contribution is 2.21. The molecule has 2 aliphatic heterocycles. The van der Waals surface area contributed by atoms with E-state index < -0.39 is 5.82 Å². The van der Waals surface area contributed by atoms with Crippen molar-refractivity contribution in [2.75, 3.05) is 39.9 Å². The number of carbonyl (C=O) groups excluding carboxylic acids is 1. The van der Waals surface area contributed by atoms with Crippen molar-refractivity contribution in [1.82, 2.24) is 9.80 Å². The third kappa shape index (κ3) is 3.59. The molecule has 3 rings (SSSR count). The van der Waals surface area contributed by atoms with Crippen LogP contribution in [0.25, 0.3) is 0 Å². The highest BCUT2D eigenvalue weighted by atomic mass is 35.5. The minimum atomic E-state index is -0.409. The third-order valence-corrected chi connectivity index (χ3v) is 4.47. The zero-order valence-corrected chi connectivity index (χ0v) is 13.4. The highest BCUT2D eigenvalue weighted by molar-refractivity contribution is 6.30. The van der Waals surface area contributed by atoms with E-state index >= 15 is 0 Å². The Labute approximate surface area is 134 Å². The number of fused-ring (bicyclic) bond motifs is 3. The van der Waals surface area contributed by atoms with E-state index in [-0.39, 0.29) is 18.4 Å². The largest absolute Gasteiger partial charge is 0.379 e. The van der Waals surface area contributed by atoms with Crippen LogP contribution in [-0.4, -0.2) is 61.6 Å². The molecule has 2 heterocycles. The Morgan fingerprint density at radius 1 is 1.32 bits per heavy atom. The van der Waals surface area contributed by atoms with Crippen molar-refractivity contribution in [2.24, 2.45) is 5.92 Å². The van der Waals surface area contributed by atoms with Crippen LogP contribution in [-0.2, 0) is 16.0 Å². The summed E-state index contributed by atoms with van der Waals surface area (Å²) in [5.74, 6) is -0.0667. The van der Waals surface area contributed by atoms with Gasteiger partial charge in [-0.05, 0) is 30.8 Å². The number of hydrogen-bond acceptors (Lipinski definition) is 3. The van der Waals surface area contributed by atoms with Crippen LogP contribution >= 0.6 is 11.6 Å². The van der Waals surface area contributed by atoms with E-state index in [0.29, 0.717) is 36.3 Å². The lowest BCUT2D eigenvalue weighted by Gasteiger charge is -2.29. The lowest BCUT2D eigenvalue weighted by molar-refractivity contribution is -0.133. The standard InChI is InChI=1S/C16H20ClFN2O2/c1-19-6-12-7-20(15(8-19)10-22-9-12)16(21)4-11-2-13(17)5-14(18)3-11/h2-3,5,12,15H,4,6-10H2,1H3/t12-,15-/m0/s1. The van der Waals surface area contributed by atoms with E-state index in [1.54, 1.807) is 6.07 Å². The van der Waals surface area contributed by atoms with E-state index in [1.807, 2.05) is 4.90 Å².